The molecule has 0 aliphatic rings. The van der Waals surface area contributed by atoms with E-state index in [9.17, 15) is 0 Å². The van der Waals surface area contributed by atoms with Crippen molar-refractivity contribution in [3.05, 3.63) is 42.5 Å². The molecule has 0 aliphatic heterocycles. The summed E-state index contributed by atoms with van der Waals surface area (Å²) in [5.74, 6) is 0.944. The van der Waals surface area contributed by atoms with Crippen LogP contribution in [0.15, 0.2) is 36.7 Å². The van der Waals surface area contributed by atoms with E-state index in [0.29, 0.717) is 0 Å². The van der Waals surface area contributed by atoms with Gasteiger partial charge in [-0.3, -0.25) is 4.57 Å². The number of nitrogens with one attached hydrogen (secondary N) is 1. The maximum absolute atomic E-state index is 4.11. The molecule has 84 valence electrons. The average molecular weight is 216 g/mol. The highest BCUT2D eigenvalue weighted by Crippen LogP contribution is 2.08. The van der Waals surface area contributed by atoms with Crippen LogP contribution < -0.4 is 5.32 Å². The Labute approximate surface area is 95.3 Å². The van der Waals surface area contributed by atoms with Crippen molar-refractivity contribution in [1.82, 2.24) is 20.1 Å². The van der Waals surface area contributed by atoms with E-state index in [-0.39, 0.29) is 0 Å². The van der Waals surface area contributed by atoms with Gasteiger partial charge in [-0.25, -0.2) is 0 Å². The zero-order chi connectivity index (χ0) is 11.2. The van der Waals surface area contributed by atoms with Crippen LogP contribution in [0.5, 0.6) is 0 Å². The summed E-state index contributed by atoms with van der Waals surface area (Å²) in [4.78, 5) is 0. The van der Waals surface area contributed by atoms with Gasteiger partial charge in [0.15, 0.2) is 5.82 Å². The van der Waals surface area contributed by atoms with E-state index in [1.54, 1.807) is 6.33 Å². The molecule has 0 amide bonds. The summed E-state index contributed by atoms with van der Waals surface area (Å²) >= 11 is 0. The van der Waals surface area contributed by atoms with Crippen LogP contribution in [-0.4, -0.2) is 21.3 Å². The predicted octanol–water partition coefficient (Wildman–Crippen LogP) is 1.77. The molecule has 2 rings (SSSR count). The van der Waals surface area contributed by atoms with E-state index in [1.165, 1.54) is 0 Å². The van der Waals surface area contributed by atoms with Crippen molar-refractivity contribution in [1.29, 1.82) is 0 Å². The summed E-state index contributed by atoms with van der Waals surface area (Å²) in [5, 5.41) is 11.4. The molecule has 1 aromatic heterocycles. The van der Waals surface area contributed by atoms with Crippen molar-refractivity contribution in [2.24, 2.45) is 0 Å². The van der Waals surface area contributed by atoms with Crippen molar-refractivity contribution in [3.8, 4) is 5.69 Å². The second kappa shape index (κ2) is 5.42. The number of para-hydroxylation sites is 1. The Balaban J connectivity index is 2.13. The van der Waals surface area contributed by atoms with Crippen LogP contribution in [0, 0.1) is 0 Å². The molecule has 1 heterocycles. The van der Waals surface area contributed by atoms with Gasteiger partial charge in [-0.05, 0) is 25.1 Å². The van der Waals surface area contributed by atoms with Gasteiger partial charge in [-0.15, -0.1) is 10.2 Å². The highest BCUT2D eigenvalue weighted by Gasteiger charge is 2.04. The first-order valence-corrected chi connectivity index (χ1v) is 5.57. The number of rotatable bonds is 5. The van der Waals surface area contributed by atoms with E-state index < -0.39 is 0 Å². The van der Waals surface area contributed by atoms with Gasteiger partial charge in [0.05, 0.1) is 6.54 Å². The lowest BCUT2D eigenvalue weighted by molar-refractivity contribution is 0.641. The molecular formula is C12H16N4. The number of aromatic nitrogens is 3. The van der Waals surface area contributed by atoms with Gasteiger partial charge in [-0.1, -0.05) is 25.1 Å². The summed E-state index contributed by atoms with van der Waals surface area (Å²) in [6.45, 7) is 3.90. The third kappa shape index (κ3) is 2.46. The topological polar surface area (TPSA) is 42.7 Å². The average Bonchev–Trinajstić information content (AvgIpc) is 2.79. The number of nitrogens with zero attached hydrogens (tertiary/aromatic N) is 3. The first-order chi connectivity index (χ1) is 7.92. The quantitative estimate of drug-likeness (QED) is 0.774. The molecule has 4 nitrogen and oxygen atoms in total. The second-order valence-electron chi connectivity index (χ2n) is 3.63. The Kier molecular flexibility index (Phi) is 3.66. The molecular weight excluding hydrogens is 200 g/mol. The first kappa shape index (κ1) is 10.8. The number of hydrogen-bond donors (Lipinski definition) is 1. The Bertz CT molecular complexity index is 422. The fourth-order valence-electron chi connectivity index (χ4n) is 1.56. The summed E-state index contributed by atoms with van der Waals surface area (Å²) in [5.41, 5.74) is 1.10. The molecule has 0 unspecified atom stereocenters. The fourth-order valence-corrected chi connectivity index (χ4v) is 1.56. The van der Waals surface area contributed by atoms with Crippen molar-refractivity contribution in [3.63, 3.8) is 0 Å². The Morgan fingerprint density at radius 2 is 2.06 bits per heavy atom. The van der Waals surface area contributed by atoms with Crippen LogP contribution in [0.3, 0.4) is 0 Å². The van der Waals surface area contributed by atoms with Crippen LogP contribution >= 0.6 is 0 Å². The smallest absolute Gasteiger partial charge is 0.151 e. The zero-order valence-electron chi connectivity index (χ0n) is 9.43. The van der Waals surface area contributed by atoms with Gasteiger partial charge < -0.3 is 5.32 Å². The normalized spacial score (nSPS) is 10.6. The Hall–Kier alpha value is -1.68. The van der Waals surface area contributed by atoms with E-state index in [2.05, 4.69) is 22.4 Å². The minimum Gasteiger partial charge on any atom is -0.310 e. The van der Waals surface area contributed by atoms with Gasteiger partial charge in [0.25, 0.3) is 0 Å². The maximum atomic E-state index is 4.11. The van der Waals surface area contributed by atoms with Crippen molar-refractivity contribution in [2.45, 2.75) is 19.9 Å². The fraction of sp³-hybridized carbons (Fsp3) is 0.333. The van der Waals surface area contributed by atoms with Crippen LogP contribution in [0.2, 0.25) is 0 Å². The molecule has 2 aromatic rings. The van der Waals surface area contributed by atoms with Crippen LogP contribution in [0.1, 0.15) is 19.2 Å². The molecule has 1 aromatic carbocycles. The molecule has 0 saturated heterocycles. The van der Waals surface area contributed by atoms with Gasteiger partial charge in [0.1, 0.15) is 6.33 Å². The zero-order valence-corrected chi connectivity index (χ0v) is 9.43. The molecule has 0 spiro atoms. The van der Waals surface area contributed by atoms with Crippen LogP contribution in [0.4, 0.5) is 0 Å². The van der Waals surface area contributed by atoms with Crippen molar-refractivity contribution < 1.29 is 0 Å². The van der Waals surface area contributed by atoms with E-state index in [4.69, 9.17) is 0 Å². The lowest BCUT2D eigenvalue weighted by Gasteiger charge is -2.06. The third-order valence-corrected chi connectivity index (χ3v) is 2.36. The summed E-state index contributed by atoms with van der Waals surface area (Å²) in [7, 11) is 0. The van der Waals surface area contributed by atoms with Gasteiger partial charge in [0, 0.05) is 5.69 Å². The molecule has 0 bridgehead atoms. The predicted molar refractivity (Wildman–Crippen MR) is 63.4 cm³/mol. The minimum atomic E-state index is 0.753. The molecule has 0 atom stereocenters. The minimum absolute atomic E-state index is 0.753. The van der Waals surface area contributed by atoms with Gasteiger partial charge in [0.2, 0.25) is 0 Å². The molecule has 0 fully saturated rings. The highest BCUT2D eigenvalue weighted by molar-refractivity contribution is 5.31. The maximum Gasteiger partial charge on any atom is 0.151 e. The van der Waals surface area contributed by atoms with Crippen molar-refractivity contribution in [2.75, 3.05) is 6.54 Å². The Morgan fingerprint density at radius 1 is 1.25 bits per heavy atom. The highest BCUT2D eigenvalue weighted by atomic mass is 15.3. The molecule has 0 saturated carbocycles. The van der Waals surface area contributed by atoms with E-state index in [1.807, 2.05) is 34.9 Å². The standard InChI is InChI=1S/C12H16N4/c1-2-8-13-9-12-15-14-10-16(12)11-6-4-3-5-7-11/h3-7,10,13H,2,8-9H2,1H3. The lowest BCUT2D eigenvalue weighted by atomic mass is 10.3. The largest absolute Gasteiger partial charge is 0.310 e. The van der Waals surface area contributed by atoms with E-state index in [0.717, 1.165) is 31.0 Å². The number of benzene rings is 1. The van der Waals surface area contributed by atoms with Gasteiger partial charge >= 0.3 is 0 Å². The summed E-state index contributed by atoms with van der Waals surface area (Å²) in [6, 6.07) is 10.1. The molecule has 1 N–H and O–H groups in total. The molecule has 0 radical (unpaired) electrons. The first-order valence-electron chi connectivity index (χ1n) is 5.57. The van der Waals surface area contributed by atoms with Crippen LogP contribution in [0.25, 0.3) is 5.69 Å². The molecule has 4 heteroatoms. The summed E-state index contributed by atoms with van der Waals surface area (Å²) in [6.07, 6.45) is 2.87. The SMILES string of the molecule is CCCNCc1nncn1-c1ccccc1. The van der Waals surface area contributed by atoms with Crippen molar-refractivity contribution >= 4 is 0 Å². The van der Waals surface area contributed by atoms with Gasteiger partial charge in [-0.2, -0.15) is 0 Å². The lowest BCUT2D eigenvalue weighted by Crippen LogP contribution is -2.17. The monoisotopic (exact) mass is 216 g/mol. The molecule has 16 heavy (non-hydrogen) atoms. The third-order valence-electron chi connectivity index (χ3n) is 2.36. The van der Waals surface area contributed by atoms with E-state index >= 15 is 0 Å². The Morgan fingerprint density at radius 3 is 2.81 bits per heavy atom. The van der Waals surface area contributed by atoms with Crippen LogP contribution in [-0.2, 0) is 6.54 Å². The number of hydrogen-bond acceptors (Lipinski definition) is 3. The molecule has 0 aliphatic carbocycles. The second-order valence-corrected chi connectivity index (χ2v) is 3.63. The summed E-state index contributed by atoms with van der Waals surface area (Å²) < 4.78 is 2.00.